The Kier molecular flexibility index (Phi) is 6.80. The van der Waals surface area contributed by atoms with E-state index in [0.717, 1.165) is 16.9 Å². The van der Waals surface area contributed by atoms with Gasteiger partial charge in [0.15, 0.2) is 0 Å². The van der Waals surface area contributed by atoms with E-state index in [9.17, 15) is 14.0 Å². The van der Waals surface area contributed by atoms with Gasteiger partial charge in [-0.15, -0.1) is 0 Å². The van der Waals surface area contributed by atoms with Crippen LogP contribution in [0.1, 0.15) is 17.5 Å². The van der Waals surface area contributed by atoms with Crippen LogP contribution in [0.5, 0.6) is 5.75 Å². The number of nitrogens with zero attached hydrogens (tertiary/aromatic N) is 1. The summed E-state index contributed by atoms with van der Waals surface area (Å²) in [5.74, 6) is -0.143. The summed E-state index contributed by atoms with van der Waals surface area (Å²) < 4.78 is 18.8. The number of carbonyl (C=O) groups is 2. The second-order valence-corrected chi connectivity index (χ2v) is 7.91. The number of nitrogens with one attached hydrogen (secondary N) is 1. The van der Waals surface area contributed by atoms with Crippen LogP contribution in [0.25, 0.3) is 0 Å². The normalized spacial score (nSPS) is 15.6. The van der Waals surface area contributed by atoms with Crippen LogP contribution in [0, 0.1) is 11.7 Å². The molecule has 2 amide bonds. The molecule has 1 saturated heterocycles. The molecule has 1 unspecified atom stereocenters. The van der Waals surface area contributed by atoms with E-state index in [1.807, 2.05) is 42.5 Å². The first-order valence-corrected chi connectivity index (χ1v) is 10.7. The zero-order chi connectivity index (χ0) is 22.3. The van der Waals surface area contributed by atoms with Gasteiger partial charge in [-0.05, 0) is 53.9 Å². The van der Waals surface area contributed by atoms with Crippen molar-refractivity contribution >= 4 is 17.5 Å². The number of carbonyl (C=O) groups excluding carboxylic acids is 2. The molecule has 0 radical (unpaired) electrons. The monoisotopic (exact) mass is 432 g/mol. The van der Waals surface area contributed by atoms with Crippen LogP contribution < -0.4 is 10.1 Å². The molecule has 4 rings (SSSR count). The summed E-state index contributed by atoms with van der Waals surface area (Å²) in [7, 11) is 0. The van der Waals surface area contributed by atoms with Gasteiger partial charge in [-0.1, -0.05) is 42.5 Å². The molecule has 32 heavy (non-hydrogen) atoms. The van der Waals surface area contributed by atoms with E-state index in [2.05, 4.69) is 5.32 Å². The summed E-state index contributed by atoms with van der Waals surface area (Å²) in [5, 5.41) is 2.89. The predicted molar refractivity (Wildman–Crippen MR) is 121 cm³/mol. The fourth-order valence-electron chi connectivity index (χ4n) is 3.70. The first-order valence-electron chi connectivity index (χ1n) is 10.7. The van der Waals surface area contributed by atoms with Gasteiger partial charge in [-0.25, -0.2) is 4.39 Å². The molecule has 0 aromatic heterocycles. The van der Waals surface area contributed by atoms with Crippen LogP contribution >= 0.6 is 0 Å². The van der Waals surface area contributed by atoms with Crippen LogP contribution in [0.2, 0.25) is 0 Å². The minimum Gasteiger partial charge on any atom is -0.489 e. The second-order valence-electron chi connectivity index (χ2n) is 7.91. The van der Waals surface area contributed by atoms with Crippen molar-refractivity contribution < 1.29 is 18.7 Å². The number of amides is 2. The minimum absolute atomic E-state index is 0.0306. The Balaban J connectivity index is 1.25. The maximum Gasteiger partial charge on any atom is 0.229 e. The number of benzene rings is 3. The summed E-state index contributed by atoms with van der Waals surface area (Å²) in [4.78, 5) is 26.7. The topological polar surface area (TPSA) is 58.6 Å². The first kappa shape index (κ1) is 21.6. The molecular weight excluding hydrogens is 407 g/mol. The van der Waals surface area contributed by atoms with E-state index in [0.29, 0.717) is 31.8 Å². The van der Waals surface area contributed by atoms with Gasteiger partial charge in [0.2, 0.25) is 11.8 Å². The van der Waals surface area contributed by atoms with E-state index in [1.54, 1.807) is 29.2 Å². The number of halogens is 1. The van der Waals surface area contributed by atoms with Gasteiger partial charge >= 0.3 is 0 Å². The molecule has 1 fully saturated rings. The molecule has 6 heteroatoms. The lowest BCUT2D eigenvalue weighted by molar-refractivity contribution is -0.128. The average Bonchev–Trinajstić information content (AvgIpc) is 3.19. The summed E-state index contributed by atoms with van der Waals surface area (Å²) in [6, 6.07) is 23.4. The number of likely N-dealkylation sites (tertiary alicyclic amines) is 1. The number of rotatable bonds is 8. The van der Waals surface area contributed by atoms with E-state index in [4.69, 9.17) is 4.74 Å². The lowest BCUT2D eigenvalue weighted by Gasteiger charge is -2.16. The highest BCUT2D eigenvalue weighted by Gasteiger charge is 2.34. The molecule has 3 aromatic carbocycles. The molecule has 1 N–H and O–H groups in total. The van der Waals surface area contributed by atoms with Crippen molar-refractivity contribution in [3.63, 3.8) is 0 Å². The molecule has 0 spiro atoms. The van der Waals surface area contributed by atoms with Crippen LogP contribution in [0.4, 0.5) is 10.1 Å². The predicted octanol–water partition coefficient (Wildman–Crippen LogP) is 4.43. The highest BCUT2D eigenvalue weighted by atomic mass is 19.1. The lowest BCUT2D eigenvalue weighted by atomic mass is 10.1. The van der Waals surface area contributed by atoms with Crippen molar-refractivity contribution in [3.05, 3.63) is 95.8 Å². The van der Waals surface area contributed by atoms with Crippen LogP contribution in [0.15, 0.2) is 78.9 Å². The molecule has 0 bridgehead atoms. The number of anilines is 1. The standard InChI is InChI=1S/C26H25FN2O3/c27-22-8-6-19(7-9-22)14-15-29-17-21(16-25(29)30)26(31)28-23-10-12-24(13-11-23)32-18-20-4-2-1-3-5-20/h1-13,21H,14-18H2,(H,28,31). The SMILES string of the molecule is O=C(Nc1ccc(OCc2ccccc2)cc1)C1CC(=O)N(CCc2ccc(F)cc2)C1. The maximum atomic E-state index is 13.0. The summed E-state index contributed by atoms with van der Waals surface area (Å²) in [5.41, 5.74) is 2.71. The quantitative estimate of drug-likeness (QED) is 0.573. The van der Waals surface area contributed by atoms with Gasteiger partial charge in [-0.3, -0.25) is 9.59 Å². The Morgan fingerprint density at radius 3 is 2.41 bits per heavy atom. The first-order chi connectivity index (χ1) is 15.6. The van der Waals surface area contributed by atoms with Crippen molar-refractivity contribution in [1.29, 1.82) is 0 Å². The van der Waals surface area contributed by atoms with Crippen molar-refractivity contribution in [2.24, 2.45) is 5.92 Å². The molecule has 1 heterocycles. The molecule has 1 aliphatic rings. The molecule has 5 nitrogen and oxygen atoms in total. The van der Waals surface area contributed by atoms with E-state index in [1.165, 1.54) is 12.1 Å². The molecule has 164 valence electrons. The average molecular weight is 432 g/mol. The van der Waals surface area contributed by atoms with Crippen molar-refractivity contribution in [2.45, 2.75) is 19.4 Å². The third-order valence-corrected chi connectivity index (χ3v) is 5.54. The summed E-state index contributed by atoms with van der Waals surface area (Å²) >= 11 is 0. The Hall–Kier alpha value is -3.67. The Bertz CT molecular complexity index is 1050. The van der Waals surface area contributed by atoms with E-state index in [-0.39, 0.29) is 30.0 Å². The zero-order valence-corrected chi connectivity index (χ0v) is 17.7. The lowest BCUT2D eigenvalue weighted by Crippen LogP contribution is -2.30. The van der Waals surface area contributed by atoms with Crippen LogP contribution in [0.3, 0.4) is 0 Å². The molecule has 1 aliphatic heterocycles. The van der Waals surface area contributed by atoms with Crippen molar-refractivity contribution in [2.75, 3.05) is 18.4 Å². The van der Waals surface area contributed by atoms with Crippen molar-refractivity contribution in [1.82, 2.24) is 4.90 Å². The third-order valence-electron chi connectivity index (χ3n) is 5.54. The molecule has 0 aliphatic carbocycles. The highest BCUT2D eigenvalue weighted by molar-refractivity contribution is 5.97. The molecular formula is C26H25FN2O3. The van der Waals surface area contributed by atoms with Gasteiger partial charge in [-0.2, -0.15) is 0 Å². The van der Waals surface area contributed by atoms with Gasteiger partial charge in [0, 0.05) is 25.2 Å². The fourth-order valence-corrected chi connectivity index (χ4v) is 3.70. The van der Waals surface area contributed by atoms with Gasteiger partial charge in [0.1, 0.15) is 18.2 Å². The van der Waals surface area contributed by atoms with E-state index >= 15 is 0 Å². The number of ether oxygens (including phenoxy) is 1. The summed E-state index contributed by atoms with van der Waals surface area (Å²) in [6.07, 6.45) is 0.832. The Morgan fingerprint density at radius 2 is 1.69 bits per heavy atom. The molecule has 0 saturated carbocycles. The van der Waals surface area contributed by atoms with E-state index < -0.39 is 0 Å². The van der Waals surface area contributed by atoms with Gasteiger partial charge < -0.3 is 15.0 Å². The largest absolute Gasteiger partial charge is 0.489 e. The smallest absolute Gasteiger partial charge is 0.229 e. The van der Waals surface area contributed by atoms with Crippen LogP contribution in [-0.2, 0) is 22.6 Å². The second kappa shape index (κ2) is 10.1. The minimum atomic E-state index is -0.385. The Labute approximate surface area is 186 Å². The molecule has 3 aromatic rings. The van der Waals surface area contributed by atoms with Gasteiger partial charge in [0.05, 0.1) is 5.92 Å². The number of hydrogen-bond acceptors (Lipinski definition) is 3. The van der Waals surface area contributed by atoms with Crippen LogP contribution in [-0.4, -0.2) is 29.8 Å². The fraction of sp³-hybridized carbons (Fsp3) is 0.231. The molecule has 1 atom stereocenters. The van der Waals surface area contributed by atoms with Gasteiger partial charge in [0.25, 0.3) is 0 Å². The Morgan fingerprint density at radius 1 is 0.969 bits per heavy atom. The van der Waals surface area contributed by atoms with Crippen molar-refractivity contribution in [3.8, 4) is 5.75 Å². The number of hydrogen-bond donors (Lipinski definition) is 1. The zero-order valence-electron chi connectivity index (χ0n) is 17.7. The highest BCUT2D eigenvalue weighted by Crippen LogP contribution is 2.22. The maximum absolute atomic E-state index is 13.0. The summed E-state index contributed by atoms with van der Waals surface area (Å²) in [6.45, 7) is 1.39. The third kappa shape index (κ3) is 5.72.